The first-order chi connectivity index (χ1) is 10.5. The van der Waals surface area contributed by atoms with Gasteiger partial charge in [-0.25, -0.2) is 8.42 Å². The van der Waals surface area contributed by atoms with Gasteiger partial charge >= 0.3 is 0 Å². The standard InChI is InChI=1S/C15H20N2O3S2/c1-11-15(12(2)20-16-11)22(18,19)17-9-5-3-4-7-13(17)14-8-6-10-21-14/h6,8,10,13H,3-5,7,9H2,1-2H3. The van der Waals surface area contributed by atoms with Crippen molar-refractivity contribution in [2.45, 2.75) is 50.5 Å². The molecule has 0 radical (unpaired) electrons. The molecule has 120 valence electrons. The zero-order valence-corrected chi connectivity index (χ0v) is 14.4. The van der Waals surface area contributed by atoms with Gasteiger partial charge in [0.2, 0.25) is 10.0 Å². The second-order valence-corrected chi connectivity index (χ2v) is 8.46. The Morgan fingerprint density at radius 3 is 2.77 bits per heavy atom. The maximum absolute atomic E-state index is 13.2. The molecule has 1 saturated heterocycles. The number of thiophene rings is 1. The minimum Gasteiger partial charge on any atom is -0.360 e. The summed E-state index contributed by atoms with van der Waals surface area (Å²) in [4.78, 5) is 1.34. The summed E-state index contributed by atoms with van der Waals surface area (Å²) in [5.41, 5.74) is 0.437. The molecule has 7 heteroatoms. The first-order valence-corrected chi connectivity index (χ1v) is 9.82. The van der Waals surface area contributed by atoms with Crippen LogP contribution < -0.4 is 0 Å². The monoisotopic (exact) mass is 340 g/mol. The smallest absolute Gasteiger partial charge is 0.249 e. The van der Waals surface area contributed by atoms with Gasteiger partial charge in [-0.2, -0.15) is 4.31 Å². The minimum absolute atomic E-state index is 0.0822. The molecular formula is C15H20N2O3S2. The van der Waals surface area contributed by atoms with E-state index in [4.69, 9.17) is 4.52 Å². The average Bonchev–Trinajstić information content (AvgIpc) is 3.03. The van der Waals surface area contributed by atoms with E-state index in [1.807, 2.05) is 17.5 Å². The Morgan fingerprint density at radius 2 is 2.14 bits per heavy atom. The molecule has 1 aliphatic heterocycles. The fraction of sp³-hybridized carbons (Fsp3) is 0.533. The molecule has 1 fully saturated rings. The highest BCUT2D eigenvalue weighted by molar-refractivity contribution is 7.89. The van der Waals surface area contributed by atoms with Gasteiger partial charge in [0.25, 0.3) is 0 Å². The largest absolute Gasteiger partial charge is 0.360 e. The van der Waals surface area contributed by atoms with Crippen molar-refractivity contribution in [2.24, 2.45) is 0 Å². The van der Waals surface area contributed by atoms with E-state index in [1.165, 1.54) is 0 Å². The van der Waals surface area contributed by atoms with Crippen LogP contribution in [0.3, 0.4) is 0 Å². The summed E-state index contributed by atoms with van der Waals surface area (Å²) in [6, 6.07) is 3.92. The molecule has 5 nitrogen and oxygen atoms in total. The van der Waals surface area contributed by atoms with Crippen LogP contribution in [0.2, 0.25) is 0 Å². The van der Waals surface area contributed by atoms with E-state index in [2.05, 4.69) is 5.16 Å². The molecule has 3 rings (SSSR count). The molecule has 1 atom stereocenters. The summed E-state index contributed by atoms with van der Waals surface area (Å²) in [6.45, 7) is 3.89. The topological polar surface area (TPSA) is 63.4 Å². The third-order valence-electron chi connectivity index (χ3n) is 4.11. The number of hydrogen-bond donors (Lipinski definition) is 0. The Bertz CT molecular complexity index is 715. The van der Waals surface area contributed by atoms with Crippen LogP contribution in [0.25, 0.3) is 0 Å². The van der Waals surface area contributed by atoms with Gasteiger partial charge in [0.1, 0.15) is 10.6 Å². The SMILES string of the molecule is Cc1noc(C)c1S(=O)(=O)N1CCCCCC1c1cccs1. The maximum Gasteiger partial charge on any atom is 0.249 e. The summed E-state index contributed by atoms with van der Waals surface area (Å²) in [5, 5.41) is 5.81. The summed E-state index contributed by atoms with van der Waals surface area (Å²) < 4.78 is 33.1. The predicted octanol–water partition coefficient (Wildman–Crippen LogP) is 3.66. The lowest BCUT2D eigenvalue weighted by molar-refractivity contribution is 0.331. The molecule has 3 heterocycles. The lowest BCUT2D eigenvalue weighted by Crippen LogP contribution is -2.35. The van der Waals surface area contributed by atoms with Gasteiger partial charge in [-0.1, -0.05) is 24.1 Å². The van der Waals surface area contributed by atoms with Crippen molar-refractivity contribution < 1.29 is 12.9 Å². The second kappa shape index (κ2) is 6.14. The lowest BCUT2D eigenvalue weighted by Gasteiger charge is -2.28. The van der Waals surface area contributed by atoms with Crippen molar-refractivity contribution in [1.29, 1.82) is 0 Å². The molecule has 0 aromatic carbocycles. The van der Waals surface area contributed by atoms with Crippen LogP contribution in [0.15, 0.2) is 26.9 Å². The van der Waals surface area contributed by atoms with E-state index in [0.717, 1.165) is 30.6 Å². The zero-order chi connectivity index (χ0) is 15.7. The van der Waals surface area contributed by atoms with Crippen LogP contribution in [0.5, 0.6) is 0 Å². The first kappa shape index (κ1) is 15.7. The van der Waals surface area contributed by atoms with Gasteiger partial charge < -0.3 is 4.52 Å². The van der Waals surface area contributed by atoms with Crippen LogP contribution in [-0.4, -0.2) is 24.4 Å². The third kappa shape index (κ3) is 2.73. The van der Waals surface area contributed by atoms with Gasteiger partial charge in [0, 0.05) is 11.4 Å². The number of hydrogen-bond acceptors (Lipinski definition) is 5. The van der Waals surface area contributed by atoms with Crippen molar-refractivity contribution in [3.63, 3.8) is 0 Å². The van der Waals surface area contributed by atoms with E-state index in [0.29, 0.717) is 18.0 Å². The predicted molar refractivity (Wildman–Crippen MR) is 85.4 cm³/mol. The molecule has 0 amide bonds. The van der Waals surface area contributed by atoms with Gasteiger partial charge in [-0.05, 0) is 38.1 Å². The normalized spacial score (nSPS) is 20.9. The highest BCUT2D eigenvalue weighted by Gasteiger charge is 2.37. The molecule has 1 aliphatic rings. The first-order valence-electron chi connectivity index (χ1n) is 7.50. The average molecular weight is 340 g/mol. The van der Waals surface area contributed by atoms with E-state index in [1.54, 1.807) is 29.5 Å². The fourth-order valence-electron chi connectivity index (χ4n) is 3.09. The van der Waals surface area contributed by atoms with Crippen LogP contribution in [0.4, 0.5) is 0 Å². The molecule has 22 heavy (non-hydrogen) atoms. The Hall–Kier alpha value is -1.18. The molecule has 0 saturated carbocycles. The van der Waals surface area contributed by atoms with E-state index in [-0.39, 0.29) is 10.9 Å². The fourth-order valence-corrected chi connectivity index (χ4v) is 6.00. The van der Waals surface area contributed by atoms with Crippen LogP contribution >= 0.6 is 11.3 Å². The summed E-state index contributed by atoms with van der Waals surface area (Å²) in [6.07, 6.45) is 3.87. The van der Waals surface area contributed by atoms with E-state index >= 15 is 0 Å². The number of sulfonamides is 1. The maximum atomic E-state index is 13.2. The van der Waals surface area contributed by atoms with Crippen molar-refractivity contribution in [2.75, 3.05) is 6.54 Å². The van der Waals surface area contributed by atoms with Crippen molar-refractivity contribution in [1.82, 2.24) is 9.46 Å². The van der Waals surface area contributed by atoms with Crippen molar-refractivity contribution in [3.8, 4) is 0 Å². The summed E-state index contributed by atoms with van der Waals surface area (Å²) >= 11 is 1.62. The van der Waals surface area contributed by atoms with Crippen LogP contribution in [-0.2, 0) is 10.0 Å². The van der Waals surface area contributed by atoms with Crippen molar-refractivity contribution in [3.05, 3.63) is 33.8 Å². The van der Waals surface area contributed by atoms with E-state index < -0.39 is 10.0 Å². The molecule has 0 aliphatic carbocycles. The highest BCUT2D eigenvalue weighted by atomic mass is 32.2. The minimum atomic E-state index is -3.59. The Kier molecular flexibility index (Phi) is 4.38. The number of rotatable bonds is 3. The van der Waals surface area contributed by atoms with Crippen LogP contribution in [0, 0.1) is 13.8 Å². The number of aromatic nitrogens is 1. The lowest BCUT2D eigenvalue weighted by atomic mass is 10.1. The third-order valence-corrected chi connectivity index (χ3v) is 7.24. The Balaban J connectivity index is 2.06. The zero-order valence-electron chi connectivity index (χ0n) is 12.8. The highest BCUT2D eigenvalue weighted by Crippen LogP contribution is 2.37. The molecule has 1 unspecified atom stereocenters. The molecule has 2 aromatic rings. The van der Waals surface area contributed by atoms with E-state index in [9.17, 15) is 8.42 Å². The molecular weight excluding hydrogens is 320 g/mol. The van der Waals surface area contributed by atoms with Gasteiger partial charge in [-0.15, -0.1) is 11.3 Å². The summed E-state index contributed by atoms with van der Waals surface area (Å²) in [5.74, 6) is 0.367. The number of nitrogens with zero attached hydrogens (tertiary/aromatic N) is 2. The van der Waals surface area contributed by atoms with Gasteiger partial charge in [0.15, 0.2) is 5.76 Å². The summed E-state index contributed by atoms with van der Waals surface area (Å²) in [7, 11) is -3.59. The second-order valence-electron chi connectivity index (χ2n) is 5.65. The van der Waals surface area contributed by atoms with Crippen molar-refractivity contribution >= 4 is 21.4 Å². The van der Waals surface area contributed by atoms with Gasteiger partial charge in [-0.3, -0.25) is 0 Å². The number of aryl methyl sites for hydroxylation is 2. The van der Waals surface area contributed by atoms with Gasteiger partial charge in [0.05, 0.1) is 6.04 Å². The van der Waals surface area contributed by atoms with Crippen LogP contribution in [0.1, 0.15) is 48.1 Å². The molecule has 0 N–H and O–H groups in total. The molecule has 0 bridgehead atoms. The quantitative estimate of drug-likeness (QED) is 0.855. The Labute approximate surface area is 135 Å². The Morgan fingerprint density at radius 1 is 1.32 bits per heavy atom. The molecule has 0 spiro atoms. The molecule has 2 aromatic heterocycles.